The molecule has 0 aliphatic heterocycles. The zero-order valence-electron chi connectivity index (χ0n) is 9.67. The molecule has 18 heavy (non-hydrogen) atoms. The van der Waals surface area contributed by atoms with Crippen molar-refractivity contribution in [3.63, 3.8) is 0 Å². The Labute approximate surface area is 100 Å². The van der Waals surface area contributed by atoms with Crippen molar-refractivity contribution in [1.29, 1.82) is 0 Å². The van der Waals surface area contributed by atoms with Gasteiger partial charge in [-0.2, -0.15) is 13.2 Å². The zero-order chi connectivity index (χ0) is 13.7. The molecule has 3 nitrogen and oxygen atoms in total. The first-order valence-electron chi connectivity index (χ1n) is 5.13. The predicted molar refractivity (Wildman–Crippen MR) is 59.6 cm³/mol. The molecule has 0 radical (unpaired) electrons. The highest BCUT2D eigenvalue weighted by Gasteiger charge is 2.31. The normalized spacial score (nSPS) is 12.1. The first-order chi connectivity index (χ1) is 8.23. The molecular formula is C12H10F3NO2. The van der Waals surface area contributed by atoms with Gasteiger partial charge in [0.1, 0.15) is 0 Å². The molecule has 0 amide bonds. The number of aromatic carboxylic acids is 1. The topological polar surface area (TPSA) is 42.2 Å². The number of benzene rings is 1. The van der Waals surface area contributed by atoms with Crippen LogP contribution in [-0.2, 0) is 13.2 Å². The van der Waals surface area contributed by atoms with Gasteiger partial charge < -0.3 is 9.67 Å². The van der Waals surface area contributed by atoms with Crippen molar-refractivity contribution >= 4 is 16.9 Å². The molecule has 0 saturated heterocycles. The van der Waals surface area contributed by atoms with E-state index < -0.39 is 17.7 Å². The van der Waals surface area contributed by atoms with Gasteiger partial charge in [0.15, 0.2) is 0 Å². The second-order valence-corrected chi connectivity index (χ2v) is 4.05. The smallest absolute Gasteiger partial charge is 0.416 e. The summed E-state index contributed by atoms with van der Waals surface area (Å²) in [6, 6.07) is 3.12. The van der Waals surface area contributed by atoms with Crippen LogP contribution in [0.15, 0.2) is 18.2 Å². The maximum Gasteiger partial charge on any atom is 0.416 e. The number of halogens is 3. The van der Waals surface area contributed by atoms with Gasteiger partial charge in [0, 0.05) is 23.6 Å². The third-order valence-corrected chi connectivity index (χ3v) is 3.03. The molecule has 1 aromatic carbocycles. The minimum Gasteiger partial charge on any atom is -0.478 e. The van der Waals surface area contributed by atoms with Crippen molar-refractivity contribution in [1.82, 2.24) is 4.57 Å². The van der Waals surface area contributed by atoms with E-state index in [2.05, 4.69) is 0 Å². The van der Waals surface area contributed by atoms with E-state index in [0.717, 1.165) is 12.1 Å². The summed E-state index contributed by atoms with van der Waals surface area (Å²) in [7, 11) is 1.62. The van der Waals surface area contributed by atoms with Crippen LogP contribution in [-0.4, -0.2) is 15.6 Å². The largest absolute Gasteiger partial charge is 0.478 e. The van der Waals surface area contributed by atoms with E-state index in [1.807, 2.05) is 0 Å². The van der Waals surface area contributed by atoms with Gasteiger partial charge in [0.25, 0.3) is 0 Å². The summed E-state index contributed by atoms with van der Waals surface area (Å²) in [5, 5.41) is 9.18. The molecule has 0 aliphatic rings. The monoisotopic (exact) mass is 257 g/mol. The van der Waals surface area contributed by atoms with E-state index in [1.54, 1.807) is 18.5 Å². The average molecular weight is 257 g/mol. The summed E-state index contributed by atoms with van der Waals surface area (Å²) in [6.07, 6.45) is -4.48. The van der Waals surface area contributed by atoms with Crippen molar-refractivity contribution in [3.8, 4) is 0 Å². The van der Waals surface area contributed by atoms with Gasteiger partial charge in [-0.05, 0) is 25.1 Å². The lowest BCUT2D eigenvalue weighted by atomic mass is 10.1. The lowest BCUT2D eigenvalue weighted by molar-refractivity contribution is -0.137. The Morgan fingerprint density at radius 3 is 2.44 bits per heavy atom. The van der Waals surface area contributed by atoms with Gasteiger partial charge in [-0.3, -0.25) is 0 Å². The molecule has 0 saturated carbocycles. The molecule has 1 aromatic heterocycles. The zero-order valence-corrected chi connectivity index (χ0v) is 9.67. The molecule has 2 rings (SSSR count). The van der Waals surface area contributed by atoms with E-state index in [9.17, 15) is 18.0 Å². The van der Waals surface area contributed by atoms with Crippen LogP contribution in [0.25, 0.3) is 10.9 Å². The maximum atomic E-state index is 12.6. The standard InChI is InChI=1S/C12H10F3NO2/c1-6-10(11(17)18)8-5-7(12(13,14)15)3-4-9(8)16(6)2/h3-5H,1-2H3,(H,17,18). The highest BCUT2D eigenvalue weighted by atomic mass is 19.4. The first kappa shape index (κ1) is 12.5. The quantitative estimate of drug-likeness (QED) is 0.852. The van der Waals surface area contributed by atoms with Crippen molar-refractivity contribution in [2.75, 3.05) is 0 Å². The van der Waals surface area contributed by atoms with E-state index in [-0.39, 0.29) is 10.9 Å². The van der Waals surface area contributed by atoms with Gasteiger partial charge in [-0.1, -0.05) is 0 Å². The molecule has 0 spiro atoms. The fourth-order valence-electron chi connectivity index (χ4n) is 2.02. The van der Waals surface area contributed by atoms with E-state index in [0.29, 0.717) is 11.2 Å². The van der Waals surface area contributed by atoms with Gasteiger partial charge >= 0.3 is 12.1 Å². The Balaban J connectivity index is 2.84. The Kier molecular flexibility index (Phi) is 2.61. The molecule has 0 aliphatic carbocycles. The number of carbonyl (C=O) groups is 1. The number of nitrogens with zero attached hydrogens (tertiary/aromatic N) is 1. The highest BCUT2D eigenvalue weighted by molar-refractivity contribution is 6.05. The minimum atomic E-state index is -4.48. The van der Waals surface area contributed by atoms with Crippen molar-refractivity contribution in [2.24, 2.45) is 7.05 Å². The molecule has 0 fully saturated rings. The van der Waals surface area contributed by atoms with E-state index in [1.165, 1.54) is 6.07 Å². The predicted octanol–water partition coefficient (Wildman–Crippen LogP) is 3.20. The molecule has 2 aromatic rings. The third-order valence-electron chi connectivity index (χ3n) is 3.03. The second-order valence-electron chi connectivity index (χ2n) is 4.05. The highest BCUT2D eigenvalue weighted by Crippen LogP contribution is 2.33. The Hall–Kier alpha value is -1.98. The van der Waals surface area contributed by atoms with Crippen molar-refractivity contribution < 1.29 is 23.1 Å². The van der Waals surface area contributed by atoms with Crippen LogP contribution in [0.1, 0.15) is 21.6 Å². The molecule has 0 atom stereocenters. The number of aromatic nitrogens is 1. The van der Waals surface area contributed by atoms with Crippen LogP contribution in [0.4, 0.5) is 13.2 Å². The lowest BCUT2D eigenvalue weighted by Gasteiger charge is -2.06. The number of hydrogen-bond acceptors (Lipinski definition) is 1. The molecule has 1 heterocycles. The molecule has 0 unspecified atom stereocenters. The van der Waals surface area contributed by atoms with E-state index in [4.69, 9.17) is 5.11 Å². The number of alkyl halides is 3. The fourth-order valence-corrected chi connectivity index (χ4v) is 2.02. The number of fused-ring (bicyclic) bond motifs is 1. The van der Waals surface area contributed by atoms with Crippen LogP contribution in [0.2, 0.25) is 0 Å². The lowest BCUT2D eigenvalue weighted by Crippen LogP contribution is -2.04. The Morgan fingerprint density at radius 2 is 1.94 bits per heavy atom. The number of aryl methyl sites for hydroxylation is 1. The Bertz CT molecular complexity index is 641. The molecule has 6 heteroatoms. The second kappa shape index (κ2) is 3.76. The van der Waals surface area contributed by atoms with Gasteiger partial charge in [-0.25, -0.2) is 4.79 Å². The summed E-state index contributed by atoms with van der Waals surface area (Å²) in [5.74, 6) is -1.22. The van der Waals surface area contributed by atoms with Crippen LogP contribution in [0, 0.1) is 6.92 Å². The van der Waals surface area contributed by atoms with Gasteiger partial charge in [0.05, 0.1) is 11.1 Å². The van der Waals surface area contributed by atoms with Crippen LogP contribution < -0.4 is 0 Å². The fraction of sp³-hybridized carbons (Fsp3) is 0.250. The van der Waals surface area contributed by atoms with Gasteiger partial charge in [-0.15, -0.1) is 0 Å². The molecule has 1 N–H and O–H groups in total. The maximum absolute atomic E-state index is 12.6. The minimum absolute atomic E-state index is 0.0846. The van der Waals surface area contributed by atoms with Gasteiger partial charge in [0.2, 0.25) is 0 Å². The number of carboxylic acids is 1. The average Bonchev–Trinajstić information content (AvgIpc) is 2.50. The Morgan fingerprint density at radius 1 is 1.33 bits per heavy atom. The summed E-state index contributed by atoms with van der Waals surface area (Å²) >= 11 is 0. The number of hydrogen-bond donors (Lipinski definition) is 1. The number of carboxylic acid groups (broad SMARTS) is 1. The molecule has 0 bridgehead atoms. The molecular weight excluding hydrogens is 247 g/mol. The van der Waals surface area contributed by atoms with E-state index >= 15 is 0 Å². The third kappa shape index (κ3) is 1.73. The van der Waals surface area contributed by atoms with Crippen LogP contribution in [0.5, 0.6) is 0 Å². The first-order valence-corrected chi connectivity index (χ1v) is 5.13. The summed E-state index contributed by atoms with van der Waals surface area (Å²) in [4.78, 5) is 11.1. The number of rotatable bonds is 1. The van der Waals surface area contributed by atoms with Crippen LogP contribution >= 0.6 is 0 Å². The molecule has 96 valence electrons. The summed E-state index contributed by atoms with van der Waals surface area (Å²) in [6.45, 7) is 1.57. The van der Waals surface area contributed by atoms with Crippen LogP contribution in [0.3, 0.4) is 0 Å². The summed E-state index contributed by atoms with van der Waals surface area (Å²) in [5.41, 5.74) is -0.0311. The van der Waals surface area contributed by atoms with Crippen molar-refractivity contribution in [2.45, 2.75) is 13.1 Å². The summed E-state index contributed by atoms with van der Waals surface area (Å²) < 4.78 is 39.4. The van der Waals surface area contributed by atoms with Crippen molar-refractivity contribution in [3.05, 3.63) is 35.0 Å². The SMILES string of the molecule is Cc1c(C(=O)O)c2cc(C(F)(F)F)ccc2n1C.